The van der Waals surface area contributed by atoms with Crippen LogP contribution in [0.3, 0.4) is 0 Å². The molecule has 0 aromatic heterocycles. The molecule has 0 aliphatic carbocycles. The SMILES string of the molecule is CCCCc1ccc(N(c2ccc(/C=C/C=C/c3ccc(C)cc3)cc2)c2ccc(/C=C/C=C/c3ccc(C)cc3)cc2)cc1. The molecule has 0 N–H and O–H groups in total. The van der Waals surface area contributed by atoms with Gasteiger partial charge < -0.3 is 4.90 Å². The number of aryl methyl sites for hydroxylation is 3. The Labute approximate surface area is 270 Å². The highest BCUT2D eigenvalue weighted by atomic mass is 15.1. The van der Waals surface area contributed by atoms with E-state index < -0.39 is 0 Å². The summed E-state index contributed by atoms with van der Waals surface area (Å²) in [6.45, 7) is 6.47. The third kappa shape index (κ3) is 9.42. The van der Waals surface area contributed by atoms with Crippen LogP contribution in [0.5, 0.6) is 0 Å². The molecule has 1 heteroatoms. The molecule has 0 saturated carbocycles. The van der Waals surface area contributed by atoms with Crippen LogP contribution < -0.4 is 4.90 Å². The second-order valence-electron chi connectivity index (χ2n) is 11.5. The van der Waals surface area contributed by atoms with E-state index in [1.807, 2.05) is 0 Å². The van der Waals surface area contributed by atoms with Crippen molar-refractivity contribution >= 4 is 41.4 Å². The molecule has 0 atom stereocenters. The fourth-order valence-electron chi connectivity index (χ4n) is 5.13. The van der Waals surface area contributed by atoms with E-state index in [1.165, 1.54) is 51.8 Å². The molecule has 1 nitrogen and oxygen atoms in total. The largest absolute Gasteiger partial charge is 0.311 e. The van der Waals surface area contributed by atoms with Crippen LogP contribution in [0, 0.1) is 13.8 Å². The molecule has 5 rings (SSSR count). The van der Waals surface area contributed by atoms with Crippen LogP contribution in [-0.4, -0.2) is 0 Å². The summed E-state index contributed by atoms with van der Waals surface area (Å²) in [6, 6.07) is 43.8. The second kappa shape index (κ2) is 16.1. The van der Waals surface area contributed by atoms with Crippen molar-refractivity contribution < 1.29 is 0 Å². The summed E-state index contributed by atoms with van der Waals surface area (Å²) in [5.41, 5.74) is 12.1. The van der Waals surface area contributed by atoms with Gasteiger partial charge >= 0.3 is 0 Å². The first kappa shape index (κ1) is 31.3. The summed E-state index contributed by atoms with van der Waals surface area (Å²) in [7, 11) is 0. The maximum atomic E-state index is 2.33. The maximum absolute atomic E-state index is 2.33. The van der Waals surface area contributed by atoms with Crippen LogP contribution in [-0.2, 0) is 6.42 Å². The molecule has 0 unspecified atom stereocenters. The first-order valence-electron chi connectivity index (χ1n) is 16.0. The highest BCUT2D eigenvalue weighted by molar-refractivity contribution is 5.78. The lowest BCUT2D eigenvalue weighted by atomic mass is 10.1. The molecule has 0 amide bonds. The predicted molar refractivity (Wildman–Crippen MR) is 198 cm³/mol. The number of benzene rings is 5. The van der Waals surface area contributed by atoms with Crippen molar-refractivity contribution in [2.75, 3.05) is 4.90 Å². The number of hydrogen-bond acceptors (Lipinski definition) is 1. The van der Waals surface area contributed by atoms with Crippen LogP contribution >= 0.6 is 0 Å². The van der Waals surface area contributed by atoms with E-state index >= 15 is 0 Å². The molecule has 0 bridgehead atoms. The summed E-state index contributed by atoms with van der Waals surface area (Å²) < 4.78 is 0. The van der Waals surface area contributed by atoms with Crippen LogP contribution in [0.2, 0.25) is 0 Å². The molecule has 0 spiro atoms. The highest BCUT2D eigenvalue weighted by Crippen LogP contribution is 2.35. The molecule has 0 saturated heterocycles. The number of rotatable bonds is 12. The van der Waals surface area contributed by atoms with Crippen molar-refractivity contribution in [3.8, 4) is 0 Å². The molecular weight excluding hydrogens is 542 g/mol. The van der Waals surface area contributed by atoms with E-state index in [2.05, 4.69) is 196 Å². The number of allylic oxidation sites excluding steroid dienone is 4. The van der Waals surface area contributed by atoms with Gasteiger partial charge in [0.1, 0.15) is 0 Å². The molecule has 5 aromatic rings. The fraction of sp³-hybridized carbons (Fsp3) is 0.136. The Kier molecular flexibility index (Phi) is 11.2. The van der Waals surface area contributed by atoms with Gasteiger partial charge in [-0.2, -0.15) is 0 Å². The van der Waals surface area contributed by atoms with Gasteiger partial charge in [-0.05, 0) is 90.9 Å². The van der Waals surface area contributed by atoms with Crippen LogP contribution in [0.15, 0.2) is 146 Å². The number of hydrogen-bond donors (Lipinski definition) is 0. The normalized spacial score (nSPS) is 11.8. The van der Waals surface area contributed by atoms with Crippen molar-refractivity contribution in [3.05, 3.63) is 185 Å². The van der Waals surface area contributed by atoms with E-state index in [4.69, 9.17) is 0 Å². The number of unbranched alkanes of at least 4 members (excludes halogenated alkanes) is 1. The topological polar surface area (TPSA) is 3.24 Å². The van der Waals surface area contributed by atoms with Gasteiger partial charge in [-0.25, -0.2) is 0 Å². The summed E-state index contributed by atoms with van der Waals surface area (Å²) in [6.07, 6.45) is 20.5. The first-order valence-corrected chi connectivity index (χ1v) is 16.0. The van der Waals surface area contributed by atoms with Gasteiger partial charge in [0.2, 0.25) is 0 Å². The average Bonchev–Trinajstić information content (AvgIpc) is 3.08. The first-order chi connectivity index (χ1) is 22.1. The zero-order valence-corrected chi connectivity index (χ0v) is 26.7. The summed E-state index contributed by atoms with van der Waals surface area (Å²) in [4.78, 5) is 2.33. The Hall–Kier alpha value is -5.14. The number of anilines is 3. The average molecular weight is 586 g/mol. The fourth-order valence-corrected chi connectivity index (χ4v) is 5.13. The monoisotopic (exact) mass is 585 g/mol. The minimum Gasteiger partial charge on any atom is -0.311 e. The zero-order valence-electron chi connectivity index (χ0n) is 26.7. The van der Waals surface area contributed by atoms with Gasteiger partial charge in [0, 0.05) is 17.1 Å². The molecule has 45 heavy (non-hydrogen) atoms. The maximum Gasteiger partial charge on any atom is 0.0462 e. The van der Waals surface area contributed by atoms with Crippen LogP contribution in [0.4, 0.5) is 17.1 Å². The Bertz CT molecular complexity index is 1620. The van der Waals surface area contributed by atoms with Crippen LogP contribution in [0.1, 0.15) is 58.7 Å². The summed E-state index contributed by atoms with van der Waals surface area (Å²) in [5, 5.41) is 0. The van der Waals surface area contributed by atoms with Crippen molar-refractivity contribution in [2.24, 2.45) is 0 Å². The second-order valence-corrected chi connectivity index (χ2v) is 11.5. The minimum atomic E-state index is 1.12. The molecule has 5 aromatic carbocycles. The Morgan fingerprint density at radius 3 is 1.07 bits per heavy atom. The van der Waals surface area contributed by atoms with E-state index in [-0.39, 0.29) is 0 Å². The third-order valence-corrected chi connectivity index (χ3v) is 7.85. The standard InChI is InChI=1S/C44H43N/c1-4-5-10-37-23-29-42(30-24-37)45(43-31-25-40(26-32-43)13-8-6-11-38-19-15-35(2)16-20-38)44-33-27-41(28-34-44)14-9-7-12-39-21-17-36(3)18-22-39/h6-9,11-34H,4-5,10H2,1-3H3/b11-6+,12-7+,13-8+,14-9+. The Morgan fingerprint density at radius 2 is 0.733 bits per heavy atom. The van der Waals surface area contributed by atoms with Crippen molar-refractivity contribution in [2.45, 2.75) is 40.0 Å². The van der Waals surface area contributed by atoms with E-state index in [1.54, 1.807) is 0 Å². The molecule has 224 valence electrons. The van der Waals surface area contributed by atoms with E-state index in [0.29, 0.717) is 0 Å². The van der Waals surface area contributed by atoms with Gasteiger partial charge in [0.05, 0.1) is 0 Å². The molecule has 0 fully saturated rings. The van der Waals surface area contributed by atoms with E-state index in [0.717, 1.165) is 23.5 Å². The Balaban J connectivity index is 1.33. The van der Waals surface area contributed by atoms with E-state index in [9.17, 15) is 0 Å². The Morgan fingerprint density at radius 1 is 0.422 bits per heavy atom. The zero-order chi connectivity index (χ0) is 31.3. The van der Waals surface area contributed by atoms with Gasteiger partial charge in [0.25, 0.3) is 0 Å². The predicted octanol–water partition coefficient (Wildman–Crippen LogP) is 12.6. The lowest BCUT2D eigenvalue weighted by Crippen LogP contribution is -2.10. The summed E-state index contributed by atoms with van der Waals surface area (Å²) in [5.74, 6) is 0. The summed E-state index contributed by atoms with van der Waals surface area (Å²) >= 11 is 0. The number of nitrogens with zero attached hydrogens (tertiary/aromatic N) is 1. The molecule has 0 heterocycles. The van der Waals surface area contributed by atoms with Crippen molar-refractivity contribution in [3.63, 3.8) is 0 Å². The van der Waals surface area contributed by atoms with Crippen molar-refractivity contribution in [1.82, 2.24) is 0 Å². The smallest absolute Gasteiger partial charge is 0.0462 e. The van der Waals surface area contributed by atoms with Gasteiger partial charge in [0.15, 0.2) is 0 Å². The van der Waals surface area contributed by atoms with Crippen LogP contribution in [0.25, 0.3) is 24.3 Å². The van der Waals surface area contributed by atoms with Crippen molar-refractivity contribution in [1.29, 1.82) is 0 Å². The molecular formula is C44H43N. The quantitative estimate of drug-likeness (QED) is 0.132. The molecule has 0 radical (unpaired) electrons. The van der Waals surface area contributed by atoms with Gasteiger partial charge in [-0.15, -0.1) is 0 Å². The lowest BCUT2D eigenvalue weighted by Gasteiger charge is -2.26. The third-order valence-electron chi connectivity index (χ3n) is 7.85. The minimum absolute atomic E-state index is 1.12. The molecule has 0 aliphatic heterocycles. The van der Waals surface area contributed by atoms with Gasteiger partial charge in [-0.3, -0.25) is 0 Å². The molecule has 0 aliphatic rings. The van der Waals surface area contributed by atoms with Gasteiger partial charge in [-0.1, -0.05) is 158 Å². The lowest BCUT2D eigenvalue weighted by molar-refractivity contribution is 0.795. The highest BCUT2D eigenvalue weighted by Gasteiger charge is 2.12.